The summed E-state index contributed by atoms with van der Waals surface area (Å²) in [5, 5.41) is 18.1. The number of fused-ring (bicyclic) bond motifs is 1. The highest BCUT2D eigenvalue weighted by Gasteiger charge is 2.28. The van der Waals surface area contributed by atoms with Crippen LogP contribution in [0.25, 0.3) is 10.9 Å². The van der Waals surface area contributed by atoms with E-state index in [4.69, 9.17) is 4.74 Å². The summed E-state index contributed by atoms with van der Waals surface area (Å²) in [6, 6.07) is 14.1. The van der Waals surface area contributed by atoms with E-state index in [1.807, 2.05) is 37.3 Å². The van der Waals surface area contributed by atoms with Gasteiger partial charge >= 0.3 is 0 Å². The van der Waals surface area contributed by atoms with Gasteiger partial charge in [0.05, 0.1) is 17.7 Å². The van der Waals surface area contributed by atoms with Crippen molar-refractivity contribution in [3.05, 3.63) is 59.3 Å². The Balaban J connectivity index is 1.24. The number of rotatable bonds is 8. The Morgan fingerprint density at radius 1 is 1.11 bits per heavy atom. The Kier molecular flexibility index (Phi) is 6.60. The lowest BCUT2D eigenvalue weighted by molar-refractivity contribution is 0.0139. The van der Waals surface area contributed by atoms with Crippen LogP contribution in [0.2, 0.25) is 0 Å². The standard InChI is InChI=1S/C29H37N3O3/c1-19-26(31-28(33)21-6-9-25(10-7-21)35-18-20-4-5-20)11-8-22-16-24(32(3)27(19)22)17-30-23-12-14-29(2,34)15-13-23/h6-11,16,20,23,30,34H,4-5,12-15,17-18H2,1-3H3,(H,31,33)/t23-,29-. The lowest BCUT2D eigenvalue weighted by atomic mass is 9.84. The van der Waals surface area contributed by atoms with E-state index in [1.54, 1.807) is 0 Å². The lowest BCUT2D eigenvalue weighted by Crippen LogP contribution is -2.39. The predicted molar refractivity (Wildman–Crippen MR) is 140 cm³/mol. The number of nitrogens with zero attached hydrogens (tertiary/aromatic N) is 1. The van der Waals surface area contributed by atoms with Gasteiger partial charge in [0, 0.05) is 42.0 Å². The van der Waals surface area contributed by atoms with E-state index in [-0.39, 0.29) is 5.91 Å². The zero-order chi connectivity index (χ0) is 24.6. The molecule has 0 radical (unpaired) electrons. The maximum atomic E-state index is 12.9. The maximum absolute atomic E-state index is 12.9. The van der Waals surface area contributed by atoms with Gasteiger partial charge in [0.15, 0.2) is 0 Å². The average Bonchev–Trinajstić information content (AvgIpc) is 3.62. The van der Waals surface area contributed by atoms with E-state index in [9.17, 15) is 9.90 Å². The van der Waals surface area contributed by atoms with Gasteiger partial charge in [0.25, 0.3) is 5.91 Å². The van der Waals surface area contributed by atoms with Crippen molar-refractivity contribution in [1.82, 2.24) is 9.88 Å². The van der Waals surface area contributed by atoms with Gasteiger partial charge in [-0.25, -0.2) is 0 Å². The maximum Gasteiger partial charge on any atom is 0.255 e. The molecule has 2 aromatic carbocycles. The first-order valence-corrected chi connectivity index (χ1v) is 12.9. The molecule has 2 aliphatic carbocycles. The molecule has 1 heterocycles. The molecule has 1 amide bonds. The first-order valence-electron chi connectivity index (χ1n) is 12.9. The highest BCUT2D eigenvalue weighted by Crippen LogP contribution is 2.31. The fraction of sp³-hybridized carbons (Fsp3) is 0.483. The molecule has 2 aliphatic rings. The number of carbonyl (C=O) groups is 1. The van der Waals surface area contributed by atoms with Gasteiger partial charge in [-0.3, -0.25) is 4.79 Å². The number of anilines is 1. The van der Waals surface area contributed by atoms with Gasteiger partial charge in [-0.1, -0.05) is 6.07 Å². The smallest absolute Gasteiger partial charge is 0.255 e. The molecule has 2 fully saturated rings. The quantitative estimate of drug-likeness (QED) is 0.413. The Labute approximate surface area is 207 Å². The van der Waals surface area contributed by atoms with Crippen LogP contribution in [-0.4, -0.2) is 33.8 Å². The molecular weight excluding hydrogens is 438 g/mol. The van der Waals surface area contributed by atoms with E-state index in [0.717, 1.165) is 61.4 Å². The van der Waals surface area contributed by atoms with Crippen molar-refractivity contribution in [2.75, 3.05) is 11.9 Å². The van der Waals surface area contributed by atoms with Crippen molar-refractivity contribution in [2.45, 2.75) is 70.6 Å². The number of hydrogen-bond acceptors (Lipinski definition) is 4. The van der Waals surface area contributed by atoms with Crippen molar-refractivity contribution >= 4 is 22.5 Å². The Bertz CT molecular complexity index is 1200. The van der Waals surface area contributed by atoms with Crippen LogP contribution in [-0.2, 0) is 13.6 Å². The molecule has 0 aliphatic heterocycles. The van der Waals surface area contributed by atoms with E-state index in [0.29, 0.717) is 17.5 Å². The molecule has 2 saturated carbocycles. The second kappa shape index (κ2) is 9.67. The molecule has 6 heteroatoms. The SMILES string of the molecule is Cc1c(NC(=O)c2ccc(OCC3CC3)cc2)ccc2cc(CN[C@H]3CC[C@](C)(O)CC3)n(C)c12. The van der Waals surface area contributed by atoms with Crippen LogP contribution in [0.3, 0.4) is 0 Å². The highest BCUT2D eigenvalue weighted by atomic mass is 16.5. The molecule has 6 nitrogen and oxygen atoms in total. The van der Waals surface area contributed by atoms with Crippen molar-refractivity contribution in [2.24, 2.45) is 13.0 Å². The molecule has 35 heavy (non-hydrogen) atoms. The fourth-order valence-corrected chi connectivity index (χ4v) is 5.10. The summed E-state index contributed by atoms with van der Waals surface area (Å²) in [4.78, 5) is 12.9. The van der Waals surface area contributed by atoms with E-state index in [1.165, 1.54) is 23.9 Å². The number of aromatic nitrogens is 1. The third-order valence-corrected chi connectivity index (χ3v) is 7.73. The second-order valence-electron chi connectivity index (χ2n) is 10.8. The Hall–Kier alpha value is -2.83. The Morgan fingerprint density at radius 3 is 2.51 bits per heavy atom. The molecule has 3 N–H and O–H groups in total. The minimum atomic E-state index is -0.512. The molecule has 0 spiro atoms. The van der Waals surface area contributed by atoms with E-state index in [2.05, 4.69) is 41.3 Å². The molecule has 0 unspecified atom stereocenters. The van der Waals surface area contributed by atoms with Gasteiger partial charge in [0.2, 0.25) is 0 Å². The monoisotopic (exact) mass is 475 g/mol. The van der Waals surface area contributed by atoms with Gasteiger partial charge in [-0.05, 0) is 100 Å². The first-order chi connectivity index (χ1) is 16.8. The van der Waals surface area contributed by atoms with E-state index >= 15 is 0 Å². The van der Waals surface area contributed by atoms with Gasteiger partial charge in [-0.2, -0.15) is 0 Å². The van der Waals surface area contributed by atoms with Gasteiger partial charge < -0.3 is 25.0 Å². The number of nitrogens with one attached hydrogen (secondary N) is 2. The number of benzene rings is 2. The normalized spacial score (nSPS) is 22.3. The third-order valence-electron chi connectivity index (χ3n) is 7.73. The molecule has 0 atom stereocenters. The summed E-state index contributed by atoms with van der Waals surface area (Å²) in [7, 11) is 2.09. The Morgan fingerprint density at radius 2 is 1.83 bits per heavy atom. The van der Waals surface area contributed by atoms with Crippen molar-refractivity contribution < 1.29 is 14.6 Å². The van der Waals surface area contributed by atoms with Crippen molar-refractivity contribution in [3.8, 4) is 5.75 Å². The molecule has 5 rings (SSSR count). The molecule has 0 bridgehead atoms. The minimum absolute atomic E-state index is 0.120. The molecule has 186 valence electrons. The van der Waals surface area contributed by atoms with Crippen LogP contribution in [0, 0.1) is 12.8 Å². The predicted octanol–water partition coefficient (Wildman–Crippen LogP) is 5.31. The van der Waals surface area contributed by atoms with Crippen LogP contribution in [0.15, 0.2) is 42.5 Å². The summed E-state index contributed by atoms with van der Waals surface area (Å²) in [5.41, 5.74) is 4.34. The summed E-state index contributed by atoms with van der Waals surface area (Å²) < 4.78 is 8.00. The van der Waals surface area contributed by atoms with Crippen LogP contribution in [0.4, 0.5) is 5.69 Å². The fourth-order valence-electron chi connectivity index (χ4n) is 5.10. The second-order valence-corrected chi connectivity index (χ2v) is 10.8. The van der Waals surface area contributed by atoms with Crippen molar-refractivity contribution in [1.29, 1.82) is 0 Å². The largest absolute Gasteiger partial charge is 0.493 e. The van der Waals surface area contributed by atoms with Crippen molar-refractivity contribution in [3.63, 3.8) is 0 Å². The summed E-state index contributed by atoms with van der Waals surface area (Å²) in [6.07, 6.45) is 6.21. The molecule has 1 aromatic heterocycles. The lowest BCUT2D eigenvalue weighted by Gasteiger charge is -2.33. The number of hydrogen-bond donors (Lipinski definition) is 3. The number of carbonyl (C=O) groups excluding carboxylic acids is 1. The number of ether oxygens (including phenoxy) is 1. The summed E-state index contributed by atoms with van der Waals surface area (Å²) in [5.74, 6) is 1.40. The number of aryl methyl sites for hydroxylation is 2. The molecule has 3 aromatic rings. The molecular formula is C29H37N3O3. The number of aliphatic hydroxyl groups is 1. The van der Waals surface area contributed by atoms with Crippen LogP contribution in [0.5, 0.6) is 5.75 Å². The van der Waals surface area contributed by atoms with Crippen LogP contribution < -0.4 is 15.4 Å². The van der Waals surface area contributed by atoms with Crippen LogP contribution in [0.1, 0.15) is 67.1 Å². The zero-order valence-corrected chi connectivity index (χ0v) is 21.1. The summed E-state index contributed by atoms with van der Waals surface area (Å²) in [6.45, 7) is 5.55. The third kappa shape index (κ3) is 5.54. The first kappa shape index (κ1) is 23.9. The average molecular weight is 476 g/mol. The van der Waals surface area contributed by atoms with Gasteiger partial charge in [-0.15, -0.1) is 0 Å². The van der Waals surface area contributed by atoms with Crippen LogP contribution >= 0.6 is 0 Å². The highest BCUT2D eigenvalue weighted by molar-refractivity contribution is 6.06. The number of amides is 1. The van der Waals surface area contributed by atoms with Gasteiger partial charge in [0.1, 0.15) is 5.75 Å². The molecule has 0 saturated heterocycles. The zero-order valence-electron chi connectivity index (χ0n) is 21.1. The topological polar surface area (TPSA) is 75.5 Å². The van der Waals surface area contributed by atoms with E-state index < -0.39 is 5.60 Å². The minimum Gasteiger partial charge on any atom is -0.493 e. The summed E-state index contributed by atoms with van der Waals surface area (Å²) >= 11 is 0.